The largest absolute Gasteiger partial charge is 0.309 e. The van der Waals surface area contributed by atoms with E-state index in [2.05, 4.69) is 16.8 Å². The number of nitrogens with one attached hydrogen (secondary N) is 1. The van der Waals surface area contributed by atoms with Gasteiger partial charge in [-0.1, -0.05) is 19.1 Å². The molecule has 0 fully saturated rings. The zero-order chi connectivity index (χ0) is 19.1. The molecule has 1 N–H and O–H groups in total. The molecule has 0 amide bonds. The fourth-order valence-corrected chi connectivity index (χ4v) is 5.18. The molecule has 1 aliphatic rings. The van der Waals surface area contributed by atoms with Gasteiger partial charge in [-0.2, -0.15) is 0 Å². The second-order valence-corrected chi connectivity index (χ2v) is 8.78. The molecule has 142 valence electrons. The van der Waals surface area contributed by atoms with E-state index in [-0.39, 0.29) is 17.4 Å². The molecule has 2 aromatic heterocycles. The average Bonchev–Trinajstić information content (AvgIpc) is 3.00. The van der Waals surface area contributed by atoms with Gasteiger partial charge in [-0.05, 0) is 62.4 Å². The Labute approximate surface area is 162 Å². The molecular formula is C21H24FN3OS. The lowest BCUT2D eigenvalue weighted by atomic mass is 9.89. The average molecular weight is 386 g/mol. The van der Waals surface area contributed by atoms with E-state index in [9.17, 15) is 9.18 Å². The van der Waals surface area contributed by atoms with Gasteiger partial charge in [0.2, 0.25) is 0 Å². The summed E-state index contributed by atoms with van der Waals surface area (Å²) in [6.07, 6.45) is 3.16. The Morgan fingerprint density at radius 2 is 2.11 bits per heavy atom. The summed E-state index contributed by atoms with van der Waals surface area (Å²) in [6.45, 7) is 4.95. The maximum absolute atomic E-state index is 13.1. The van der Waals surface area contributed by atoms with Crippen LogP contribution in [0.4, 0.5) is 4.39 Å². The molecule has 0 saturated carbocycles. The zero-order valence-electron chi connectivity index (χ0n) is 15.9. The van der Waals surface area contributed by atoms with Crippen LogP contribution < -0.4 is 5.56 Å². The van der Waals surface area contributed by atoms with Crippen LogP contribution in [-0.2, 0) is 19.4 Å². The van der Waals surface area contributed by atoms with Crippen molar-refractivity contribution in [2.24, 2.45) is 5.92 Å². The van der Waals surface area contributed by atoms with Gasteiger partial charge in [0.1, 0.15) is 16.5 Å². The highest BCUT2D eigenvalue weighted by molar-refractivity contribution is 7.18. The fourth-order valence-electron chi connectivity index (χ4n) is 3.79. The van der Waals surface area contributed by atoms with Gasteiger partial charge in [0.25, 0.3) is 5.56 Å². The number of fused-ring (bicyclic) bond motifs is 3. The lowest BCUT2D eigenvalue weighted by molar-refractivity contribution is 0.244. The van der Waals surface area contributed by atoms with Crippen molar-refractivity contribution in [1.29, 1.82) is 0 Å². The highest BCUT2D eigenvalue weighted by Gasteiger charge is 2.24. The lowest BCUT2D eigenvalue weighted by Gasteiger charge is -2.24. The third-order valence-corrected chi connectivity index (χ3v) is 6.73. The van der Waals surface area contributed by atoms with E-state index in [1.165, 1.54) is 22.6 Å². The van der Waals surface area contributed by atoms with Gasteiger partial charge in [0.05, 0.1) is 11.4 Å². The molecule has 2 heterocycles. The fraction of sp³-hybridized carbons (Fsp3) is 0.429. The van der Waals surface area contributed by atoms with E-state index in [1.54, 1.807) is 23.5 Å². The first-order valence-corrected chi connectivity index (χ1v) is 10.2. The Balaban J connectivity index is 1.63. The van der Waals surface area contributed by atoms with E-state index < -0.39 is 0 Å². The van der Waals surface area contributed by atoms with Gasteiger partial charge >= 0.3 is 0 Å². The van der Waals surface area contributed by atoms with Crippen LogP contribution in [0.1, 0.15) is 48.1 Å². The molecule has 0 saturated heterocycles. The van der Waals surface area contributed by atoms with Crippen LogP contribution in [0.5, 0.6) is 0 Å². The number of aryl methyl sites for hydroxylation is 1. The van der Waals surface area contributed by atoms with Crippen molar-refractivity contribution in [3.05, 3.63) is 62.3 Å². The number of hydrogen-bond acceptors (Lipinski definition) is 4. The number of thiophene rings is 1. The number of hydrogen-bond donors (Lipinski definition) is 1. The Morgan fingerprint density at radius 1 is 1.37 bits per heavy atom. The summed E-state index contributed by atoms with van der Waals surface area (Å²) in [6, 6.07) is 6.46. The molecule has 2 atom stereocenters. The molecule has 1 aromatic carbocycles. The molecule has 3 aromatic rings. The van der Waals surface area contributed by atoms with Crippen LogP contribution in [0.15, 0.2) is 29.1 Å². The maximum Gasteiger partial charge on any atom is 0.259 e. The SMILES string of the molecule is C[C@@H]1CCc2c(sc3nc([C@@H](C)N(C)Cc4ccc(F)cc4)[nH]c(=O)c23)C1. The molecule has 6 heteroatoms. The summed E-state index contributed by atoms with van der Waals surface area (Å²) in [7, 11) is 1.99. The minimum Gasteiger partial charge on any atom is -0.309 e. The second kappa shape index (κ2) is 7.17. The van der Waals surface area contributed by atoms with Crippen molar-refractivity contribution in [1.82, 2.24) is 14.9 Å². The number of nitrogens with zero attached hydrogens (tertiary/aromatic N) is 2. The maximum atomic E-state index is 13.1. The molecule has 0 bridgehead atoms. The van der Waals surface area contributed by atoms with Crippen LogP contribution in [0.25, 0.3) is 10.2 Å². The topological polar surface area (TPSA) is 49.0 Å². The predicted molar refractivity (Wildman–Crippen MR) is 108 cm³/mol. The first-order valence-electron chi connectivity index (χ1n) is 9.41. The third kappa shape index (κ3) is 3.56. The Morgan fingerprint density at radius 3 is 2.85 bits per heavy atom. The van der Waals surface area contributed by atoms with E-state index in [1.807, 2.05) is 14.0 Å². The molecule has 1 aliphatic carbocycles. The van der Waals surface area contributed by atoms with Gasteiger partial charge in [-0.3, -0.25) is 9.69 Å². The van der Waals surface area contributed by atoms with Gasteiger partial charge in [-0.25, -0.2) is 9.37 Å². The zero-order valence-corrected chi connectivity index (χ0v) is 16.7. The molecule has 0 spiro atoms. The molecule has 4 rings (SSSR count). The van der Waals surface area contributed by atoms with Gasteiger partial charge in [-0.15, -0.1) is 11.3 Å². The molecular weight excluding hydrogens is 361 g/mol. The number of rotatable bonds is 4. The van der Waals surface area contributed by atoms with Crippen molar-refractivity contribution >= 4 is 21.6 Å². The minimum atomic E-state index is -0.234. The third-order valence-electron chi connectivity index (χ3n) is 5.59. The summed E-state index contributed by atoms with van der Waals surface area (Å²) >= 11 is 1.68. The highest BCUT2D eigenvalue weighted by Crippen LogP contribution is 2.36. The van der Waals surface area contributed by atoms with E-state index >= 15 is 0 Å². The van der Waals surface area contributed by atoms with Crippen LogP contribution in [0.2, 0.25) is 0 Å². The minimum absolute atomic E-state index is 0.0240. The number of aromatic amines is 1. The highest BCUT2D eigenvalue weighted by atomic mass is 32.1. The quantitative estimate of drug-likeness (QED) is 0.722. The molecule has 0 radical (unpaired) electrons. The predicted octanol–water partition coefficient (Wildman–Crippen LogP) is 4.44. The number of halogens is 1. The molecule has 4 nitrogen and oxygen atoms in total. The smallest absolute Gasteiger partial charge is 0.259 e. The Hall–Kier alpha value is -2.05. The second-order valence-electron chi connectivity index (χ2n) is 7.70. The molecule has 0 aliphatic heterocycles. The van der Waals surface area contributed by atoms with Crippen molar-refractivity contribution in [3.8, 4) is 0 Å². The van der Waals surface area contributed by atoms with Crippen LogP contribution in [0, 0.1) is 11.7 Å². The normalized spacial score (nSPS) is 18.0. The Bertz CT molecular complexity index is 1020. The molecule has 27 heavy (non-hydrogen) atoms. The van der Waals surface area contributed by atoms with Gasteiger partial charge in [0.15, 0.2) is 0 Å². The standard InChI is InChI=1S/C21H24FN3OS/c1-12-4-9-16-17(10-12)27-21-18(16)20(26)23-19(24-21)13(2)25(3)11-14-5-7-15(22)8-6-14/h5-8,12-13H,4,9-11H2,1-3H3,(H,23,24,26)/t12-,13-/m1/s1. The summed E-state index contributed by atoms with van der Waals surface area (Å²) in [5.74, 6) is 1.12. The van der Waals surface area contributed by atoms with Gasteiger partial charge in [0, 0.05) is 11.4 Å². The van der Waals surface area contributed by atoms with E-state index in [4.69, 9.17) is 4.98 Å². The van der Waals surface area contributed by atoms with Crippen molar-refractivity contribution < 1.29 is 4.39 Å². The molecule has 0 unspecified atom stereocenters. The Kier molecular flexibility index (Phi) is 4.86. The summed E-state index contributed by atoms with van der Waals surface area (Å²) < 4.78 is 13.1. The first-order chi connectivity index (χ1) is 12.9. The van der Waals surface area contributed by atoms with Crippen LogP contribution >= 0.6 is 11.3 Å². The number of H-pyrrole nitrogens is 1. The van der Waals surface area contributed by atoms with Crippen molar-refractivity contribution in [2.45, 2.75) is 45.7 Å². The monoisotopic (exact) mass is 385 g/mol. The summed E-state index contributed by atoms with van der Waals surface area (Å²) in [5, 5.41) is 0.791. The van der Waals surface area contributed by atoms with Crippen molar-refractivity contribution in [3.63, 3.8) is 0 Å². The van der Waals surface area contributed by atoms with Crippen LogP contribution in [0.3, 0.4) is 0 Å². The lowest BCUT2D eigenvalue weighted by Crippen LogP contribution is -2.26. The van der Waals surface area contributed by atoms with E-state index in [0.29, 0.717) is 18.3 Å². The van der Waals surface area contributed by atoms with Crippen LogP contribution in [-0.4, -0.2) is 21.9 Å². The first kappa shape index (κ1) is 18.3. The van der Waals surface area contributed by atoms with Gasteiger partial charge < -0.3 is 4.98 Å². The van der Waals surface area contributed by atoms with E-state index in [0.717, 1.165) is 35.0 Å². The summed E-state index contributed by atoms with van der Waals surface area (Å²) in [5.41, 5.74) is 2.21. The summed E-state index contributed by atoms with van der Waals surface area (Å²) in [4.78, 5) is 24.9. The number of aromatic nitrogens is 2. The number of benzene rings is 1. The van der Waals surface area contributed by atoms with Crippen molar-refractivity contribution in [2.75, 3.05) is 7.05 Å².